The number of carbonyl (C=O) groups excluding carboxylic acids is 1. The molecule has 0 aliphatic rings. The van der Waals surface area contributed by atoms with E-state index in [1.807, 2.05) is 12.3 Å². The van der Waals surface area contributed by atoms with Gasteiger partial charge < -0.3 is 14.0 Å². The van der Waals surface area contributed by atoms with Gasteiger partial charge in [0.05, 0.1) is 30.9 Å². The molecule has 45 heavy (non-hydrogen) atoms. The minimum atomic E-state index is -0.140. The molecular weight excluding hydrogens is 560 g/mol. The highest BCUT2D eigenvalue weighted by atomic mass is 16.5. The van der Waals surface area contributed by atoms with Gasteiger partial charge in [0.25, 0.3) is 0 Å². The summed E-state index contributed by atoms with van der Waals surface area (Å²) in [5.74, 6) is 5.65. The molecule has 3 N–H and O–H groups in total. The topological polar surface area (TPSA) is 91.4 Å². The van der Waals surface area contributed by atoms with E-state index >= 15 is 0 Å². The van der Waals surface area contributed by atoms with Gasteiger partial charge in [0.15, 0.2) is 0 Å². The van der Waals surface area contributed by atoms with E-state index in [4.69, 9.17) is 20.3 Å². The first kappa shape index (κ1) is 34.1. The van der Waals surface area contributed by atoms with Crippen LogP contribution in [0.2, 0.25) is 0 Å². The number of Topliss-reactive ketones (excluding diaryl/α,β-unsaturated/α-hetero) is 1. The smallest absolute Gasteiger partial charge is 0.133 e. The summed E-state index contributed by atoms with van der Waals surface area (Å²) < 4.78 is 13.7. The van der Waals surface area contributed by atoms with Gasteiger partial charge in [-0.15, -0.1) is 0 Å². The van der Waals surface area contributed by atoms with Crippen molar-refractivity contribution in [3.05, 3.63) is 90.0 Å². The Bertz CT molecular complexity index is 1600. The second-order valence-electron chi connectivity index (χ2n) is 12.7. The molecule has 0 spiro atoms. The van der Waals surface area contributed by atoms with Crippen LogP contribution in [0.15, 0.2) is 67.6 Å². The van der Waals surface area contributed by atoms with Crippen LogP contribution < -0.4 is 11.3 Å². The molecule has 0 fully saturated rings. The third kappa shape index (κ3) is 8.69. The molecule has 4 aromatic rings. The summed E-state index contributed by atoms with van der Waals surface area (Å²) in [6, 6.07) is 17.7. The molecule has 0 amide bonds. The van der Waals surface area contributed by atoms with E-state index < -0.39 is 0 Å². The summed E-state index contributed by atoms with van der Waals surface area (Å²) in [7, 11) is 1.71. The molecule has 0 saturated carbocycles. The number of hydrogen-bond donors (Lipinski definition) is 2. The van der Waals surface area contributed by atoms with E-state index in [0.29, 0.717) is 31.8 Å². The van der Waals surface area contributed by atoms with E-state index in [1.165, 1.54) is 45.1 Å². The first-order valence-corrected chi connectivity index (χ1v) is 16.1. The van der Waals surface area contributed by atoms with Crippen LogP contribution in [0.3, 0.4) is 0 Å². The van der Waals surface area contributed by atoms with Crippen molar-refractivity contribution in [1.29, 1.82) is 0 Å². The Kier molecular flexibility index (Phi) is 12.1. The van der Waals surface area contributed by atoms with Gasteiger partial charge >= 0.3 is 0 Å². The molecule has 2 heterocycles. The Hall–Kier alpha value is -3.78. The monoisotopic (exact) mass is 610 g/mol. The Balaban J connectivity index is 1.78. The highest BCUT2D eigenvalue weighted by Gasteiger charge is 2.27. The van der Waals surface area contributed by atoms with Crippen LogP contribution in [-0.2, 0) is 40.3 Å². The molecular formula is C38H50N4O3. The van der Waals surface area contributed by atoms with Gasteiger partial charge in [-0.3, -0.25) is 21.0 Å². The van der Waals surface area contributed by atoms with Crippen LogP contribution >= 0.6 is 0 Å². The van der Waals surface area contributed by atoms with Crippen molar-refractivity contribution in [2.45, 2.75) is 79.4 Å². The second-order valence-corrected chi connectivity index (χ2v) is 12.7. The number of ether oxygens (including phenoxy) is 2. The highest BCUT2D eigenvalue weighted by molar-refractivity contribution is 5.95. The molecule has 0 aliphatic carbocycles. The number of benzene rings is 2. The third-order valence-electron chi connectivity index (χ3n) is 8.35. The highest BCUT2D eigenvalue weighted by Crippen LogP contribution is 2.41. The standard InChI is InChI=1S/C38H50N4O3/c1-7-42-36-17-15-29(30-21-27(3)20-28(22-30)14-16-31(43)12-9-10-19-41-39)23-33(36)34(24-38(4,5)26-45-8-2)37(42)32-13-11-18-40-35(32)25-44-6/h8,11,13,15,17-18,20-23,41H,2,7,9-10,12,14,16,19,24-26,39H2,1,3-6H3. The predicted molar refractivity (Wildman–Crippen MR) is 185 cm³/mol. The van der Waals surface area contributed by atoms with Crippen molar-refractivity contribution in [3.63, 3.8) is 0 Å². The van der Waals surface area contributed by atoms with Gasteiger partial charge in [0, 0.05) is 61.1 Å². The number of nitrogens with one attached hydrogen (secondary N) is 1. The summed E-state index contributed by atoms with van der Waals surface area (Å²) in [5.41, 5.74) is 12.9. The molecule has 0 unspecified atom stereocenters. The number of nitrogens with two attached hydrogens (primary N) is 1. The maximum atomic E-state index is 12.5. The summed E-state index contributed by atoms with van der Waals surface area (Å²) in [6.07, 6.45) is 7.85. The molecule has 0 saturated heterocycles. The fraction of sp³-hybridized carbons (Fsp3) is 0.421. The van der Waals surface area contributed by atoms with Gasteiger partial charge in [-0.25, -0.2) is 0 Å². The van der Waals surface area contributed by atoms with Crippen molar-refractivity contribution in [2.24, 2.45) is 11.3 Å². The van der Waals surface area contributed by atoms with Crippen LogP contribution in [0.25, 0.3) is 33.3 Å². The zero-order valence-corrected chi connectivity index (χ0v) is 27.7. The van der Waals surface area contributed by atoms with Crippen molar-refractivity contribution in [2.75, 3.05) is 20.3 Å². The van der Waals surface area contributed by atoms with Crippen molar-refractivity contribution < 1.29 is 14.3 Å². The first-order valence-electron chi connectivity index (χ1n) is 16.1. The van der Waals surface area contributed by atoms with E-state index in [1.54, 1.807) is 7.11 Å². The zero-order valence-electron chi connectivity index (χ0n) is 27.7. The predicted octanol–water partition coefficient (Wildman–Crippen LogP) is 7.71. The van der Waals surface area contributed by atoms with Crippen LogP contribution in [0.1, 0.15) is 68.8 Å². The summed E-state index contributed by atoms with van der Waals surface area (Å²) >= 11 is 0. The quantitative estimate of drug-likeness (QED) is 0.0519. The van der Waals surface area contributed by atoms with E-state index in [2.05, 4.69) is 86.7 Å². The minimum absolute atomic E-state index is 0.140. The Morgan fingerprint density at radius 2 is 1.93 bits per heavy atom. The first-order chi connectivity index (χ1) is 21.7. The molecule has 4 rings (SSSR count). The fourth-order valence-electron chi connectivity index (χ4n) is 6.27. The number of aromatic nitrogens is 2. The molecule has 240 valence electrons. The molecule has 0 atom stereocenters. The number of hydrogen-bond acceptors (Lipinski definition) is 6. The van der Waals surface area contributed by atoms with Crippen molar-refractivity contribution >= 4 is 16.7 Å². The molecule has 7 nitrogen and oxygen atoms in total. The molecule has 7 heteroatoms. The number of pyridine rings is 1. The molecule has 0 bridgehead atoms. The normalized spacial score (nSPS) is 11.7. The summed E-state index contributed by atoms with van der Waals surface area (Å²) in [5, 5.41) is 1.23. The molecule has 2 aromatic carbocycles. The van der Waals surface area contributed by atoms with E-state index in [0.717, 1.165) is 55.6 Å². The number of unbranched alkanes of at least 4 members (excludes halogenated alkanes) is 1. The average molecular weight is 611 g/mol. The average Bonchev–Trinajstić information content (AvgIpc) is 3.32. The SMILES string of the molecule is C=COCC(C)(C)Cc1c(-c2cccnc2COC)n(CC)c2ccc(-c3cc(C)cc(CCC(=O)CCCCNN)c3)cc12. The van der Waals surface area contributed by atoms with Gasteiger partial charge in [-0.05, 0) is 86.1 Å². The molecule has 2 aromatic heterocycles. The molecule has 0 aliphatic heterocycles. The minimum Gasteiger partial charge on any atom is -0.501 e. The fourth-order valence-corrected chi connectivity index (χ4v) is 6.27. The van der Waals surface area contributed by atoms with E-state index in [9.17, 15) is 4.79 Å². The lowest BCUT2D eigenvalue weighted by molar-refractivity contribution is -0.119. The van der Waals surface area contributed by atoms with Crippen LogP contribution in [-0.4, -0.2) is 35.6 Å². The van der Waals surface area contributed by atoms with Gasteiger partial charge in [-0.2, -0.15) is 0 Å². The van der Waals surface area contributed by atoms with Crippen LogP contribution in [0.5, 0.6) is 0 Å². The van der Waals surface area contributed by atoms with Crippen LogP contribution in [0.4, 0.5) is 0 Å². The lowest BCUT2D eigenvalue weighted by Gasteiger charge is -2.25. The molecule has 0 radical (unpaired) electrons. The summed E-state index contributed by atoms with van der Waals surface area (Å²) in [6.45, 7) is 15.1. The van der Waals surface area contributed by atoms with E-state index in [-0.39, 0.29) is 5.41 Å². The second kappa shape index (κ2) is 16.0. The van der Waals surface area contributed by atoms with Crippen LogP contribution in [0, 0.1) is 12.3 Å². The third-order valence-corrected chi connectivity index (χ3v) is 8.35. The number of carbonyl (C=O) groups is 1. The Morgan fingerprint density at radius 1 is 1.11 bits per heavy atom. The van der Waals surface area contributed by atoms with Gasteiger partial charge in [-0.1, -0.05) is 50.3 Å². The lowest BCUT2D eigenvalue weighted by atomic mass is 9.84. The van der Waals surface area contributed by atoms with Crippen molar-refractivity contribution in [3.8, 4) is 22.4 Å². The largest absolute Gasteiger partial charge is 0.501 e. The Labute approximate surface area is 268 Å². The van der Waals surface area contributed by atoms with Crippen molar-refractivity contribution in [1.82, 2.24) is 15.0 Å². The number of rotatable bonds is 18. The zero-order chi connectivity index (χ0) is 32.4. The number of nitrogens with zero attached hydrogens (tertiary/aromatic N) is 2. The number of ketones is 1. The van der Waals surface area contributed by atoms with Gasteiger partial charge in [0.2, 0.25) is 0 Å². The number of hydrazine groups is 1. The maximum absolute atomic E-state index is 12.5. The maximum Gasteiger partial charge on any atom is 0.133 e. The Morgan fingerprint density at radius 3 is 2.67 bits per heavy atom. The van der Waals surface area contributed by atoms with Gasteiger partial charge in [0.1, 0.15) is 5.78 Å². The number of fused-ring (bicyclic) bond motifs is 1. The number of aryl methyl sites for hydroxylation is 3. The lowest BCUT2D eigenvalue weighted by Crippen LogP contribution is -2.22. The number of methoxy groups -OCH3 is 1. The summed E-state index contributed by atoms with van der Waals surface area (Å²) in [4.78, 5) is 17.3.